The maximum absolute atomic E-state index is 13.9. The highest BCUT2D eigenvalue weighted by Crippen LogP contribution is 2.32. The Morgan fingerprint density at radius 3 is 2.27 bits per heavy atom. The number of carboxylic acids is 1. The number of rotatable bonds is 13. The normalized spacial score (nSPS) is 14.2. The van der Waals surface area contributed by atoms with E-state index in [-0.39, 0.29) is 30.1 Å². The molecule has 1 aliphatic rings. The van der Waals surface area contributed by atoms with Crippen molar-refractivity contribution < 1.29 is 29.0 Å². The Labute approximate surface area is 315 Å². The van der Waals surface area contributed by atoms with Crippen molar-refractivity contribution >= 4 is 41.2 Å². The fraction of sp³-hybridized carbons (Fsp3) is 0.400. The van der Waals surface area contributed by atoms with Crippen molar-refractivity contribution in [2.45, 2.75) is 84.6 Å². The second kappa shape index (κ2) is 17.3. The molecule has 52 heavy (non-hydrogen) atoms. The molecule has 1 aromatic heterocycles. The maximum atomic E-state index is 13.9. The topological polar surface area (TPSA) is 123 Å². The predicted molar refractivity (Wildman–Crippen MR) is 202 cm³/mol. The number of nitrogens with one attached hydrogen (secondary N) is 1. The number of ether oxygens (including phenoxy) is 2. The molecule has 5 rings (SSSR count). The molecule has 1 aliphatic heterocycles. The number of carbonyl (C=O) groups excluding carboxylic acids is 2. The number of piperidine rings is 1. The summed E-state index contributed by atoms with van der Waals surface area (Å²) >= 11 is 12.8. The first-order chi connectivity index (χ1) is 24.8. The molecule has 1 saturated heterocycles. The lowest BCUT2D eigenvalue weighted by molar-refractivity contribution is -0.127. The second-order valence-electron chi connectivity index (χ2n) is 14.1. The van der Waals surface area contributed by atoms with E-state index < -0.39 is 17.6 Å². The van der Waals surface area contributed by atoms with Crippen LogP contribution in [0.3, 0.4) is 0 Å². The fourth-order valence-electron chi connectivity index (χ4n) is 6.06. The smallest absolute Gasteiger partial charge is 0.410 e. The summed E-state index contributed by atoms with van der Waals surface area (Å²) < 4.78 is 13.6. The van der Waals surface area contributed by atoms with Crippen LogP contribution in [0.25, 0.3) is 11.3 Å². The summed E-state index contributed by atoms with van der Waals surface area (Å²) in [6, 6.07) is 19.2. The first-order valence-corrected chi connectivity index (χ1v) is 18.4. The number of halogens is 2. The predicted octanol–water partition coefficient (Wildman–Crippen LogP) is 8.98. The first-order valence-electron chi connectivity index (χ1n) is 17.6. The van der Waals surface area contributed by atoms with E-state index in [9.17, 15) is 14.4 Å². The highest BCUT2D eigenvalue weighted by molar-refractivity contribution is 6.36. The van der Waals surface area contributed by atoms with Gasteiger partial charge in [0, 0.05) is 42.3 Å². The van der Waals surface area contributed by atoms with Crippen LogP contribution in [0.15, 0.2) is 72.9 Å². The van der Waals surface area contributed by atoms with Crippen LogP contribution in [0.4, 0.5) is 4.79 Å². The van der Waals surface area contributed by atoms with Gasteiger partial charge in [-0.25, -0.2) is 14.6 Å². The van der Waals surface area contributed by atoms with E-state index in [4.69, 9.17) is 42.8 Å². The number of amides is 2. The molecule has 1 atom stereocenters. The van der Waals surface area contributed by atoms with Crippen molar-refractivity contribution in [2.24, 2.45) is 5.92 Å². The summed E-state index contributed by atoms with van der Waals surface area (Å²) in [5, 5.41) is 13.5. The number of carboxylic acid groups (broad SMARTS) is 1. The number of aromatic carboxylic acids is 1. The number of carbonyl (C=O) groups is 3. The van der Waals surface area contributed by atoms with Crippen LogP contribution < -0.4 is 10.1 Å². The highest BCUT2D eigenvalue weighted by atomic mass is 35.5. The third kappa shape index (κ3) is 10.5. The molecular weight excluding hydrogens is 703 g/mol. The Kier molecular flexibility index (Phi) is 12.9. The monoisotopic (exact) mass is 748 g/mol. The SMILES string of the molecule is CCCCn1cc(-c2ccc(Cl)cc2Cl)nc1[C@H](Cc1ccc(OCc2ccc(C(=O)O)cc2)cc1)NC(=O)C1CCN(C(=O)OC(C)(C)C)CC1. The standard InChI is InChI=1S/C40H46Cl2N4O6/c1-5-6-19-46-24-35(32-16-13-30(41)23-33(32)42)43-36(46)34(44-37(47)28-17-20-45(21-18-28)39(50)52-40(2,3)4)22-26-9-14-31(15-10-26)51-25-27-7-11-29(12-8-27)38(48)49/h7-16,23-24,28,34H,5-6,17-22,25H2,1-4H3,(H,44,47)(H,48,49)/t34-/m0/s1. The molecule has 4 aromatic rings. The van der Waals surface area contributed by atoms with Crippen LogP contribution >= 0.6 is 23.2 Å². The molecule has 2 N–H and O–H groups in total. The van der Waals surface area contributed by atoms with E-state index in [1.807, 2.05) is 57.3 Å². The molecule has 3 aromatic carbocycles. The van der Waals surface area contributed by atoms with E-state index in [2.05, 4.69) is 16.8 Å². The van der Waals surface area contributed by atoms with Gasteiger partial charge in [-0.3, -0.25) is 4.79 Å². The summed E-state index contributed by atoms with van der Waals surface area (Å²) in [5.74, 6) is 0.0511. The van der Waals surface area contributed by atoms with Gasteiger partial charge in [0.2, 0.25) is 5.91 Å². The van der Waals surface area contributed by atoms with Gasteiger partial charge in [-0.05, 0) is 100 Å². The number of aryl methyl sites for hydroxylation is 1. The van der Waals surface area contributed by atoms with E-state index in [1.165, 1.54) is 0 Å². The minimum absolute atomic E-state index is 0.0844. The van der Waals surface area contributed by atoms with Gasteiger partial charge in [0.1, 0.15) is 23.8 Å². The van der Waals surface area contributed by atoms with Gasteiger partial charge in [0.05, 0.1) is 22.3 Å². The zero-order valence-electron chi connectivity index (χ0n) is 30.0. The molecule has 0 radical (unpaired) electrons. The average molecular weight is 750 g/mol. The van der Waals surface area contributed by atoms with Crippen molar-refractivity contribution in [3.8, 4) is 17.0 Å². The van der Waals surface area contributed by atoms with Gasteiger partial charge in [-0.2, -0.15) is 0 Å². The van der Waals surface area contributed by atoms with Crippen LogP contribution in [0.1, 0.15) is 86.7 Å². The van der Waals surface area contributed by atoms with Crippen molar-refractivity contribution in [3.05, 3.63) is 105 Å². The van der Waals surface area contributed by atoms with E-state index >= 15 is 0 Å². The number of likely N-dealkylation sites (tertiary alicyclic amines) is 1. The van der Waals surface area contributed by atoms with Gasteiger partial charge < -0.3 is 29.4 Å². The number of hydrogen-bond acceptors (Lipinski definition) is 6. The Bertz CT molecular complexity index is 1850. The minimum atomic E-state index is -0.973. The number of benzene rings is 3. The Morgan fingerprint density at radius 1 is 0.981 bits per heavy atom. The van der Waals surface area contributed by atoms with Crippen molar-refractivity contribution in [1.82, 2.24) is 19.8 Å². The number of nitrogens with zero attached hydrogens (tertiary/aromatic N) is 3. The molecule has 1 fully saturated rings. The molecule has 2 heterocycles. The summed E-state index contributed by atoms with van der Waals surface area (Å²) in [6.07, 6.45) is 5.05. The zero-order valence-corrected chi connectivity index (χ0v) is 31.5. The number of imidazole rings is 1. The average Bonchev–Trinajstić information content (AvgIpc) is 3.53. The van der Waals surface area contributed by atoms with Crippen LogP contribution in [0.5, 0.6) is 5.75 Å². The second-order valence-corrected chi connectivity index (χ2v) is 14.9. The lowest BCUT2D eigenvalue weighted by Gasteiger charge is -2.33. The van der Waals surface area contributed by atoms with Gasteiger partial charge in [-0.15, -0.1) is 0 Å². The fourth-order valence-corrected chi connectivity index (χ4v) is 6.56. The molecule has 276 valence electrons. The Hall–Kier alpha value is -4.54. The molecular formula is C40H46Cl2N4O6. The minimum Gasteiger partial charge on any atom is -0.489 e. The molecule has 0 bridgehead atoms. The van der Waals surface area contributed by atoms with E-state index in [0.717, 1.165) is 35.4 Å². The maximum Gasteiger partial charge on any atom is 0.410 e. The molecule has 0 unspecified atom stereocenters. The number of unbranched alkanes of at least 4 members (excludes halogenated alkanes) is 1. The van der Waals surface area contributed by atoms with Gasteiger partial charge in [0.15, 0.2) is 0 Å². The first kappa shape index (κ1) is 38.7. The van der Waals surface area contributed by atoms with Gasteiger partial charge >= 0.3 is 12.1 Å². The highest BCUT2D eigenvalue weighted by Gasteiger charge is 2.32. The van der Waals surface area contributed by atoms with Gasteiger partial charge in [-0.1, -0.05) is 60.8 Å². The molecule has 0 aliphatic carbocycles. The Morgan fingerprint density at radius 2 is 1.65 bits per heavy atom. The van der Waals surface area contributed by atoms with Crippen LogP contribution in [0, 0.1) is 5.92 Å². The number of hydrogen-bond donors (Lipinski definition) is 2. The van der Waals surface area contributed by atoms with Crippen molar-refractivity contribution in [1.29, 1.82) is 0 Å². The quantitative estimate of drug-likeness (QED) is 0.140. The third-order valence-electron chi connectivity index (χ3n) is 8.88. The Balaban J connectivity index is 1.36. The summed E-state index contributed by atoms with van der Waals surface area (Å²) in [7, 11) is 0. The van der Waals surface area contributed by atoms with Crippen molar-refractivity contribution in [2.75, 3.05) is 13.1 Å². The van der Waals surface area contributed by atoms with Crippen LogP contribution in [-0.2, 0) is 29.1 Å². The summed E-state index contributed by atoms with van der Waals surface area (Å²) in [5.41, 5.74) is 2.90. The molecule has 12 heteroatoms. The van der Waals surface area contributed by atoms with E-state index in [1.54, 1.807) is 41.3 Å². The summed E-state index contributed by atoms with van der Waals surface area (Å²) in [6.45, 7) is 9.53. The lowest BCUT2D eigenvalue weighted by atomic mass is 9.95. The lowest BCUT2D eigenvalue weighted by Crippen LogP contribution is -2.45. The summed E-state index contributed by atoms with van der Waals surface area (Å²) in [4.78, 5) is 44.5. The van der Waals surface area contributed by atoms with E-state index in [0.29, 0.717) is 60.4 Å². The van der Waals surface area contributed by atoms with Gasteiger partial charge in [0.25, 0.3) is 0 Å². The molecule has 0 spiro atoms. The van der Waals surface area contributed by atoms with Crippen LogP contribution in [-0.4, -0.2) is 56.2 Å². The third-order valence-corrected chi connectivity index (χ3v) is 9.43. The molecule has 10 nitrogen and oxygen atoms in total. The zero-order chi connectivity index (χ0) is 37.4. The molecule has 0 saturated carbocycles. The largest absolute Gasteiger partial charge is 0.489 e. The molecule has 2 amide bonds. The van der Waals surface area contributed by atoms with Crippen molar-refractivity contribution in [3.63, 3.8) is 0 Å². The van der Waals surface area contributed by atoms with Crippen LogP contribution in [0.2, 0.25) is 10.0 Å². The number of aromatic nitrogens is 2.